The summed E-state index contributed by atoms with van der Waals surface area (Å²) in [6, 6.07) is 7.81. The number of hydrogen-bond acceptors (Lipinski definition) is 2. The average Bonchev–Trinajstić information content (AvgIpc) is 2.47. The third-order valence-electron chi connectivity index (χ3n) is 1.57. The van der Waals surface area contributed by atoms with Crippen LogP contribution in [-0.2, 0) is 0 Å². The lowest BCUT2D eigenvalue weighted by Crippen LogP contribution is -1.72. The fourth-order valence-electron chi connectivity index (χ4n) is 1.03. The van der Waals surface area contributed by atoms with E-state index in [-0.39, 0.29) is 0 Å². The highest BCUT2D eigenvalue weighted by Crippen LogP contribution is 2.23. The zero-order valence-corrected chi connectivity index (χ0v) is 6.52. The summed E-state index contributed by atoms with van der Waals surface area (Å²) in [7, 11) is 0. The van der Waals surface area contributed by atoms with Crippen molar-refractivity contribution in [3.63, 3.8) is 0 Å². The van der Waals surface area contributed by atoms with Crippen LogP contribution in [0.1, 0.15) is 10.4 Å². The lowest BCUT2D eigenvalue weighted by atomic mass is 10.2. The monoisotopic (exact) mass is 161 g/mol. The van der Waals surface area contributed by atoms with Gasteiger partial charge in [-0.15, -0.1) is 11.3 Å². The van der Waals surface area contributed by atoms with E-state index in [0.29, 0.717) is 5.56 Å². The summed E-state index contributed by atoms with van der Waals surface area (Å²) >= 11 is 1.48. The predicted molar refractivity (Wildman–Crippen MR) is 46.0 cm³/mol. The molecule has 0 N–H and O–H groups in total. The minimum atomic E-state index is 0.672. The van der Waals surface area contributed by atoms with Crippen LogP contribution < -0.4 is 0 Å². The van der Waals surface area contributed by atoms with E-state index in [9.17, 15) is 4.79 Å². The Morgan fingerprint density at radius 2 is 2.18 bits per heavy atom. The van der Waals surface area contributed by atoms with E-state index in [1.54, 1.807) is 0 Å². The molecule has 1 radical (unpaired) electrons. The molecule has 0 aliphatic carbocycles. The maximum absolute atomic E-state index is 10.5. The van der Waals surface area contributed by atoms with Crippen molar-refractivity contribution in [2.24, 2.45) is 0 Å². The van der Waals surface area contributed by atoms with Crippen LogP contribution in [0, 0.1) is 5.38 Å². The molecule has 0 aliphatic rings. The topological polar surface area (TPSA) is 17.1 Å². The molecule has 1 nitrogen and oxygen atoms in total. The van der Waals surface area contributed by atoms with Crippen LogP contribution in [0.2, 0.25) is 0 Å². The van der Waals surface area contributed by atoms with Gasteiger partial charge in [0.05, 0.1) is 5.38 Å². The second kappa shape index (κ2) is 2.47. The molecule has 2 rings (SSSR count). The Bertz CT molecular complexity index is 389. The molecule has 0 amide bonds. The quantitative estimate of drug-likeness (QED) is 0.587. The first-order chi connectivity index (χ1) is 5.42. The minimum absolute atomic E-state index is 0.672. The molecule has 0 saturated heterocycles. The van der Waals surface area contributed by atoms with Crippen LogP contribution in [0.4, 0.5) is 0 Å². The molecule has 53 valence electrons. The molecular weight excluding hydrogens is 156 g/mol. The second-order valence-electron chi connectivity index (χ2n) is 2.23. The van der Waals surface area contributed by atoms with Crippen LogP contribution in [0.25, 0.3) is 10.1 Å². The van der Waals surface area contributed by atoms with Gasteiger partial charge in [0.1, 0.15) is 0 Å². The first-order valence-corrected chi connectivity index (χ1v) is 4.08. The van der Waals surface area contributed by atoms with Crippen molar-refractivity contribution in [1.29, 1.82) is 0 Å². The van der Waals surface area contributed by atoms with Gasteiger partial charge in [-0.2, -0.15) is 0 Å². The van der Waals surface area contributed by atoms with E-state index >= 15 is 0 Å². The maximum Gasteiger partial charge on any atom is 0.152 e. The van der Waals surface area contributed by atoms with Crippen LogP contribution >= 0.6 is 11.3 Å². The number of hydrogen-bond donors (Lipinski definition) is 0. The van der Waals surface area contributed by atoms with Crippen LogP contribution in [0.15, 0.2) is 24.3 Å². The van der Waals surface area contributed by atoms with Crippen molar-refractivity contribution in [3.8, 4) is 0 Å². The molecule has 0 unspecified atom stereocenters. The first kappa shape index (κ1) is 6.55. The lowest BCUT2D eigenvalue weighted by molar-refractivity contribution is 0.112. The van der Waals surface area contributed by atoms with Gasteiger partial charge in [0, 0.05) is 15.6 Å². The Hall–Kier alpha value is -1.15. The van der Waals surface area contributed by atoms with E-state index in [1.165, 1.54) is 11.3 Å². The summed E-state index contributed by atoms with van der Waals surface area (Å²) < 4.78 is 1.12. The fourth-order valence-corrected chi connectivity index (χ4v) is 1.84. The van der Waals surface area contributed by atoms with Crippen molar-refractivity contribution in [2.45, 2.75) is 0 Å². The molecule has 0 spiro atoms. The Morgan fingerprint density at radius 1 is 1.36 bits per heavy atom. The van der Waals surface area contributed by atoms with Crippen molar-refractivity contribution in [1.82, 2.24) is 0 Å². The molecule has 0 bridgehead atoms. The number of carbonyl (C=O) groups excluding carboxylic acids is 1. The van der Waals surface area contributed by atoms with Gasteiger partial charge >= 0.3 is 0 Å². The molecule has 2 aromatic rings. The molecular formula is C9H5OS. The number of benzene rings is 1. The van der Waals surface area contributed by atoms with Gasteiger partial charge in [0.2, 0.25) is 0 Å². The molecule has 11 heavy (non-hydrogen) atoms. The van der Waals surface area contributed by atoms with Gasteiger partial charge in [-0.05, 0) is 6.07 Å². The van der Waals surface area contributed by atoms with Crippen molar-refractivity contribution in [2.75, 3.05) is 0 Å². The van der Waals surface area contributed by atoms with Crippen molar-refractivity contribution in [3.05, 3.63) is 35.2 Å². The highest BCUT2D eigenvalue weighted by Gasteiger charge is 2.00. The minimum Gasteiger partial charge on any atom is -0.298 e. The highest BCUT2D eigenvalue weighted by atomic mass is 32.1. The Labute approximate surface area is 68.3 Å². The largest absolute Gasteiger partial charge is 0.298 e. The van der Waals surface area contributed by atoms with E-state index in [1.807, 2.05) is 24.3 Å². The summed E-state index contributed by atoms with van der Waals surface area (Å²) in [4.78, 5) is 10.5. The summed E-state index contributed by atoms with van der Waals surface area (Å²) in [5.74, 6) is 0. The average molecular weight is 161 g/mol. The summed E-state index contributed by atoms with van der Waals surface area (Å²) in [5, 5.41) is 3.94. The SMILES string of the molecule is O=Cc1[c]sc2ccccc12. The predicted octanol–water partition coefficient (Wildman–Crippen LogP) is 2.51. The van der Waals surface area contributed by atoms with E-state index < -0.39 is 0 Å². The van der Waals surface area contributed by atoms with Crippen LogP contribution in [-0.4, -0.2) is 6.29 Å². The number of aldehydes is 1. The summed E-state index contributed by atoms with van der Waals surface area (Å²) in [6.07, 6.45) is 0.846. The Morgan fingerprint density at radius 3 is 3.00 bits per heavy atom. The summed E-state index contributed by atoms with van der Waals surface area (Å²) in [6.45, 7) is 0. The molecule has 0 fully saturated rings. The van der Waals surface area contributed by atoms with Gasteiger partial charge in [0.15, 0.2) is 6.29 Å². The van der Waals surface area contributed by atoms with Crippen LogP contribution in [0.3, 0.4) is 0 Å². The third-order valence-corrected chi connectivity index (χ3v) is 2.46. The molecule has 2 heteroatoms. The van der Waals surface area contributed by atoms with E-state index in [4.69, 9.17) is 0 Å². The van der Waals surface area contributed by atoms with Crippen LogP contribution in [0.5, 0.6) is 0 Å². The number of rotatable bonds is 1. The second-order valence-corrected chi connectivity index (χ2v) is 3.08. The smallest absolute Gasteiger partial charge is 0.152 e. The Balaban J connectivity index is 2.86. The standard InChI is InChI=1S/C9H5OS/c10-5-7-6-11-9-4-2-1-3-8(7)9/h1-5H. The third kappa shape index (κ3) is 0.955. The highest BCUT2D eigenvalue weighted by molar-refractivity contribution is 7.17. The molecule has 0 saturated carbocycles. The molecule has 0 atom stereocenters. The van der Waals surface area contributed by atoms with Gasteiger partial charge in [-0.3, -0.25) is 4.79 Å². The normalized spacial score (nSPS) is 10.2. The number of fused-ring (bicyclic) bond motifs is 1. The summed E-state index contributed by atoms with van der Waals surface area (Å²) in [5.41, 5.74) is 0.672. The van der Waals surface area contributed by atoms with Gasteiger partial charge in [-0.1, -0.05) is 18.2 Å². The van der Waals surface area contributed by atoms with Crippen molar-refractivity contribution < 1.29 is 4.79 Å². The molecule has 1 aromatic heterocycles. The lowest BCUT2D eigenvalue weighted by Gasteiger charge is -1.86. The maximum atomic E-state index is 10.5. The number of carbonyl (C=O) groups is 1. The number of thiophene rings is 1. The zero-order valence-electron chi connectivity index (χ0n) is 5.70. The molecule has 0 aliphatic heterocycles. The van der Waals surface area contributed by atoms with Gasteiger partial charge in [-0.25, -0.2) is 0 Å². The van der Waals surface area contributed by atoms with E-state index in [2.05, 4.69) is 5.38 Å². The van der Waals surface area contributed by atoms with E-state index in [0.717, 1.165) is 16.4 Å². The van der Waals surface area contributed by atoms with Gasteiger partial charge in [0.25, 0.3) is 0 Å². The fraction of sp³-hybridized carbons (Fsp3) is 0. The zero-order chi connectivity index (χ0) is 7.68. The van der Waals surface area contributed by atoms with Crippen molar-refractivity contribution >= 4 is 27.7 Å². The van der Waals surface area contributed by atoms with Gasteiger partial charge < -0.3 is 0 Å². The Kier molecular flexibility index (Phi) is 1.47. The molecule has 1 aromatic carbocycles. The first-order valence-electron chi connectivity index (χ1n) is 3.26. The molecule has 1 heterocycles.